The van der Waals surface area contributed by atoms with Gasteiger partial charge in [-0.05, 0) is 43.5 Å². The van der Waals surface area contributed by atoms with Crippen molar-refractivity contribution in [3.63, 3.8) is 0 Å². The Kier molecular flexibility index (Phi) is 5.85. The Hall–Kier alpha value is -2.80. The number of amides is 1. The average Bonchev–Trinajstić information content (AvgIpc) is 3.19. The normalized spacial score (nSPS) is 13.2. The van der Waals surface area contributed by atoms with Crippen LogP contribution in [0.1, 0.15) is 18.9 Å². The maximum atomic E-state index is 12.9. The Morgan fingerprint density at radius 2 is 1.93 bits per heavy atom. The molecule has 0 saturated heterocycles. The van der Waals surface area contributed by atoms with Crippen LogP contribution in [0, 0.1) is 0 Å². The topological polar surface area (TPSA) is 60.2 Å². The number of thioether (sulfide) groups is 1. The van der Waals surface area contributed by atoms with Crippen LogP contribution in [0.4, 0.5) is 5.69 Å². The molecule has 0 atom stereocenters. The standard InChI is InChI=1S/C22H24N4O2S/c1-3-25-21(17-11-5-7-13-19(17)28-2)23-24-22(25)29-15-20(27)26-14-8-10-16-9-4-6-12-18(16)26/h4-7,9,11-13H,3,8,10,14-15H2,1-2H3. The van der Waals surface area contributed by atoms with E-state index in [-0.39, 0.29) is 5.91 Å². The highest BCUT2D eigenvalue weighted by Crippen LogP contribution is 2.32. The fraction of sp³-hybridized carbons (Fsp3) is 0.318. The number of rotatable bonds is 6. The number of hydrogen-bond donors (Lipinski definition) is 0. The van der Waals surface area contributed by atoms with E-state index < -0.39 is 0 Å². The van der Waals surface area contributed by atoms with Crippen molar-refractivity contribution in [1.82, 2.24) is 14.8 Å². The number of carbonyl (C=O) groups excluding carboxylic acids is 1. The third-order valence-electron chi connectivity index (χ3n) is 5.12. The maximum Gasteiger partial charge on any atom is 0.237 e. The van der Waals surface area contributed by atoms with Gasteiger partial charge in [0.25, 0.3) is 0 Å². The van der Waals surface area contributed by atoms with Gasteiger partial charge in [0, 0.05) is 18.8 Å². The number of aromatic nitrogens is 3. The third kappa shape index (κ3) is 3.87. The second-order valence-electron chi connectivity index (χ2n) is 6.82. The molecule has 1 amide bonds. The number of fused-ring (bicyclic) bond motifs is 1. The highest BCUT2D eigenvalue weighted by molar-refractivity contribution is 7.99. The van der Waals surface area contributed by atoms with Gasteiger partial charge in [-0.25, -0.2) is 0 Å². The fourth-order valence-corrected chi connectivity index (χ4v) is 4.58. The van der Waals surface area contributed by atoms with E-state index in [0.717, 1.165) is 47.4 Å². The number of carbonyl (C=O) groups is 1. The molecule has 1 aliphatic heterocycles. The minimum atomic E-state index is 0.103. The summed E-state index contributed by atoms with van der Waals surface area (Å²) >= 11 is 1.43. The molecular formula is C22H24N4O2S. The maximum absolute atomic E-state index is 12.9. The lowest BCUT2D eigenvalue weighted by Gasteiger charge is -2.29. The summed E-state index contributed by atoms with van der Waals surface area (Å²) in [7, 11) is 1.65. The van der Waals surface area contributed by atoms with E-state index >= 15 is 0 Å². The van der Waals surface area contributed by atoms with E-state index in [1.807, 2.05) is 51.9 Å². The van der Waals surface area contributed by atoms with Crippen molar-refractivity contribution in [3.8, 4) is 17.1 Å². The van der Waals surface area contributed by atoms with Crippen molar-refractivity contribution >= 4 is 23.4 Å². The first-order chi connectivity index (χ1) is 14.2. The molecule has 2 heterocycles. The molecule has 1 aliphatic rings. The lowest BCUT2D eigenvalue weighted by Crippen LogP contribution is -2.36. The molecule has 4 rings (SSSR count). The molecule has 0 bridgehead atoms. The Morgan fingerprint density at radius 1 is 1.14 bits per heavy atom. The summed E-state index contributed by atoms with van der Waals surface area (Å²) in [6.45, 7) is 3.53. The second kappa shape index (κ2) is 8.69. The first-order valence-electron chi connectivity index (χ1n) is 9.80. The quantitative estimate of drug-likeness (QED) is 0.576. The van der Waals surface area contributed by atoms with Gasteiger partial charge in [-0.2, -0.15) is 0 Å². The molecule has 2 aromatic carbocycles. The van der Waals surface area contributed by atoms with Gasteiger partial charge < -0.3 is 14.2 Å². The van der Waals surface area contributed by atoms with Crippen molar-refractivity contribution in [2.24, 2.45) is 0 Å². The van der Waals surface area contributed by atoms with Crippen LogP contribution in [0.5, 0.6) is 5.75 Å². The van der Waals surface area contributed by atoms with Crippen molar-refractivity contribution in [1.29, 1.82) is 0 Å². The smallest absolute Gasteiger partial charge is 0.237 e. The number of ether oxygens (including phenoxy) is 1. The molecule has 29 heavy (non-hydrogen) atoms. The first kappa shape index (κ1) is 19.5. The van der Waals surface area contributed by atoms with Gasteiger partial charge >= 0.3 is 0 Å². The van der Waals surface area contributed by atoms with Crippen LogP contribution in [-0.2, 0) is 17.8 Å². The van der Waals surface area contributed by atoms with Crippen LogP contribution in [0.25, 0.3) is 11.4 Å². The van der Waals surface area contributed by atoms with Gasteiger partial charge in [0.1, 0.15) is 5.75 Å². The largest absolute Gasteiger partial charge is 0.496 e. The zero-order chi connectivity index (χ0) is 20.2. The van der Waals surface area contributed by atoms with Gasteiger partial charge in [-0.1, -0.05) is 42.1 Å². The summed E-state index contributed by atoms with van der Waals surface area (Å²) in [6, 6.07) is 15.9. The van der Waals surface area contributed by atoms with Gasteiger partial charge in [0.2, 0.25) is 5.91 Å². The number of aryl methyl sites for hydroxylation is 1. The second-order valence-corrected chi connectivity index (χ2v) is 7.76. The molecule has 7 heteroatoms. The molecule has 3 aromatic rings. The Labute approximate surface area is 174 Å². The Balaban J connectivity index is 1.53. The Morgan fingerprint density at radius 3 is 2.76 bits per heavy atom. The predicted octanol–water partition coefficient (Wildman–Crippen LogP) is 4.05. The molecule has 150 valence electrons. The number of benzene rings is 2. The summed E-state index contributed by atoms with van der Waals surface area (Å²) in [5, 5.41) is 9.47. The van der Waals surface area contributed by atoms with E-state index in [2.05, 4.69) is 23.2 Å². The highest BCUT2D eigenvalue weighted by Gasteiger charge is 2.23. The van der Waals surface area contributed by atoms with E-state index in [1.165, 1.54) is 17.3 Å². The minimum absolute atomic E-state index is 0.103. The summed E-state index contributed by atoms with van der Waals surface area (Å²) in [5.74, 6) is 1.94. The molecule has 0 saturated carbocycles. The molecule has 1 aromatic heterocycles. The number of hydrogen-bond acceptors (Lipinski definition) is 5. The number of nitrogens with zero attached hydrogens (tertiary/aromatic N) is 4. The molecule has 0 fully saturated rings. The van der Waals surface area contributed by atoms with Crippen LogP contribution in [0.15, 0.2) is 53.7 Å². The summed E-state index contributed by atoms with van der Waals surface area (Å²) in [4.78, 5) is 14.8. The molecule has 0 N–H and O–H groups in total. The lowest BCUT2D eigenvalue weighted by molar-refractivity contribution is -0.116. The molecule has 0 spiro atoms. The zero-order valence-corrected chi connectivity index (χ0v) is 17.5. The predicted molar refractivity (Wildman–Crippen MR) is 116 cm³/mol. The van der Waals surface area contributed by atoms with Crippen molar-refractivity contribution in [2.75, 3.05) is 24.3 Å². The van der Waals surface area contributed by atoms with E-state index in [0.29, 0.717) is 12.3 Å². The number of methoxy groups -OCH3 is 1. The number of para-hydroxylation sites is 2. The van der Waals surface area contributed by atoms with Gasteiger partial charge in [-0.15, -0.1) is 10.2 Å². The van der Waals surface area contributed by atoms with Gasteiger partial charge in [0.15, 0.2) is 11.0 Å². The van der Waals surface area contributed by atoms with Crippen LogP contribution in [0.3, 0.4) is 0 Å². The van der Waals surface area contributed by atoms with Gasteiger partial charge in [0.05, 0.1) is 18.4 Å². The molecule has 0 unspecified atom stereocenters. The molecule has 0 radical (unpaired) electrons. The SMILES string of the molecule is CCn1c(SCC(=O)N2CCCc3ccccc32)nnc1-c1ccccc1OC. The average molecular weight is 409 g/mol. The first-order valence-corrected chi connectivity index (χ1v) is 10.8. The van der Waals surface area contributed by atoms with Gasteiger partial charge in [-0.3, -0.25) is 4.79 Å². The van der Waals surface area contributed by atoms with E-state index in [9.17, 15) is 4.79 Å². The van der Waals surface area contributed by atoms with Crippen molar-refractivity contribution in [3.05, 3.63) is 54.1 Å². The minimum Gasteiger partial charge on any atom is -0.496 e. The van der Waals surface area contributed by atoms with Crippen LogP contribution in [-0.4, -0.2) is 40.1 Å². The van der Waals surface area contributed by atoms with Crippen LogP contribution in [0.2, 0.25) is 0 Å². The molecule has 0 aliphatic carbocycles. The fourth-order valence-electron chi connectivity index (χ4n) is 3.71. The van der Waals surface area contributed by atoms with E-state index in [1.54, 1.807) is 7.11 Å². The van der Waals surface area contributed by atoms with Crippen LogP contribution >= 0.6 is 11.8 Å². The lowest BCUT2D eigenvalue weighted by atomic mass is 10.0. The van der Waals surface area contributed by atoms with E-state index in [4.69, 9.17) is 4.74 Å². The zero-order valence-electron chi connectivity index (χ0n) is 16.7. The Bertz CT molecular complexity index is 1020. The van der Waals surface area contributed by atoms with Crippen LogP contribution < -0.4 is 9.64 Å². The summed E-state index contributed by atoms with van der Waals surface area (Å²) in [6.07, 6.45) is 2.02. The van der Waals surface area contributed by atoms with Crippen molar-refractivity contribution in [2.45, 2.75) is 31.5 Å². The third-order valence-corrected chi connectivity index (χ3v) is 6.07. The summed E-state index contributed by atoms with van der Waals surface area (Å²) in [5.41, 5.74) is 3.18. The molecular weight excluding hydrogens is 384 g/mol. The number of anilines is 1. The summed E-state index contributed by atoms with van der Waals surface area (Å²) < 4.78 is 7.50. The highest BCUT2D eigenvalue weighted by atomic mass is 32.2. The molecule has 6 nitrogen and oxygen atoms in total. The monoisotopic (exact) mass is 408 g/mol. The van der Waals surface area contributed by atoms with Crippen molar-refractivity contribution < 1.29 is 9.53 Å².